The molecule has 0 aliphatic heterocycles. The molecule has 1 aliphatic rings. The quantitative estimate of drug-likeness (QED) is 0.869. The van der Waals surface area contributed by atoms with Crippen molar-refractivity contribution < 1.29 is 9.90 Å². The van der Waals surface area contributed by atoms with Crippen molar-refractivity contribution in [3.8, 4) is 6.07 Å². The van der Waals surface area contributed by atoms with Crippen LogP contribution in [0.4, 0.5) is 0 Å². The van der Waals surface area contributed by atoms with Crippen LogP contribution in [0.3, 0.4) is 0 Å². The highest BCUT2D eigenvalue weighted by molar-refractivity contribution is 5.71. The molecule has 2 unspecified atom stereocenters. The van der Waals surface area contributed by atoms with E-state index in [2.05, 4.69) is 11.4 Å². The second kappa shape index (κ2) is 6.35. The first-order chi connectivity index (χ1) is 9.20. The maximum absolute atomic E-state index is 11.2. The van der Waals surface area contributed by atoms with Crippen molar-refractivity contribution in [1.82, 2.24) is 5.32 Å². The number of nitrogens with one attached hydrogen (secondary N) is 1. The van der Waals surface area contributed by atoms with Gasteiger partial charge in [-0.25, -0.2) is 0 Å². The smallest absolute Gasteiger partial charge is 0.308 e. The monoisotopic (exact) mass is 258 g/mol. The molecule has 4 nitrogen and oxygen atoms in total. The molecule has 1 aromatic rings. The minimum atomic E-state index is -0.706. The zero-order valence-electron chi connectivity index (χ0n) is 10.8. The van der Waals surface area contributed by atoms with Crippen LogP contribution in [0.1, 0.15) is 36.8 Å². The topological polar surface area (TPSA) is 73.1 Å². The van der Waals surface area contributed by atoms with Crippen molar-refractivity contribution in [2.75, 3.05) is 0 Å². The Kier molecular flexibility index (Phi) is 4.53. The van der Waals surface area contributed by atoms with Gasteiger partial charge >= 0.3 is 5.97 Å². The second-order valence-electron chi connectivity index (χ2n) is 5.03. The van der Waals surface area contributed by atoms with Crippen LogP contribution in [-0.4, -0.2) is 17.1 Å². The van der Waals surface area contributed by atoms with Crippen LogP contribution in [0, 0.1) is 17.2 Å². The van der Waals surface area contributed by atoms with E-state index in [9.17, 15) is 9.90 Å². The minimum absolute atomic E-state index is 0.0389. The fraction of sp³-hybridized carbons (Fsp3) is 0.467. The summed E-state index contributed by atoms with van der Waals surface area (Å²) >= 11 is 0. The first-order valence-corrected chi connectivity index (χ1v) is 6.66. The van der Waals surface area contributed by atoms with Gasteiger partial charge in [-0.05, 0) is 30.5 Å². The molecule has 1 saturated carbocycles. The summed E-state index contributed by atoms with van der Waals surface area (Å²) in [5.41, 5.74) is 1.66. The summed E-state index contributed by atoms with van der Waals surface area (Å²) in [6.45, 7) is 0.615. The number of carboxylic acids is 1. The Balaban J connectivity index is 1.96. The highest BCUT2D eigenvalue weighted by atomic mass is 16.4. The summed E-state index contributed by atoms with van der Waals surface area (Å²) in [6.07, 6.45) is 3.75. The van der Waals surface area contributed by atoms with Crippen LogP contribution < -0.4 is 5.32 Å². The average molecular weight is 258 g/mol. The number of carbonyl (C=O) groups is 1. The van der Waals surface area contributed by atoms with E-state index in [1.807, 2.05) is 18.2 Å². The molecule has 2 rings (SSSR count). The number of aliphatic carboxylic acids is 1. The number of hydrogen-bond acceptors (Lipinski definition) is 3. The molecule has 0 bridgehead atoms. The van der Waals surface area contributed by atoms with Gasteiger partial charge < -0.3 is 10.4 Å². The highest BCUT2D eigenvalue weighted by Gasteiger charge is 2.30. The number of hydrogen-bond donors (Lipinski definition) is 2. The second-order valence-corrected chi connectivity index (χ2v) is 5.03. The minimum Gasteiger partial charge on any atom is -0.481 e. The molecule has 0 saturated heterocycles. The fourth-order valence-corrected chi connectivity index (χ4v) is 2.67. The van der Waals surface area contributed by atoms with Gasteiger partial charge in [-0.15, -0.1) is 0 Å². The van der Waals surface area contributed by atoms with Gasteiger partial charge in [0.2, 0.25) is 0 Å². The molecule has 0 heterocycles. The van der Waals surface area contributed by atoms with Crippen LogP contribution in [-0.2, 0) is 11.3 Å². The van der Waals surface area contributed by atoms with Crippen molar-refractivity contribution in [2.45, 2.75) is 38.3 Å². The molecule has 0 aromatic heterocycles. The van der Waals surface area contributed by atoms with E-state index in [1.54, 1.807) is 6.07 Å². The Morgan fingerprint density at radius 2 is 2.21 bits per heavy atom. The Bertz CT molecular complexity index is 493. The van der Waals surface area contributed by atoms with Crippen LogP contribution >= 0.6 is 0 Å². The van der Waals surface area contributed by atoms with Crippen molar-refractivity contribution in [3.05, 3.63) is 35.4 Å². The van der Waals surface area contributed by atoms with Crippen LogP contribution in [0.2, 0.25) is 0 Å². The van der Waals surface area contributed by atoms with E-state index in [-0.39, 0.29) is 12.0 Å². The molecule has 1 fully saturated rings. The van der Waals surface area contributed by atoms with Gasteiger partial charge in [-0.1, -0.05) is 25.0 Å². The number of benzene rings is 1. The summed E-state index contributed by atoms with van der Waals surface area (Å²) in [7, 11) is 0. The lowest BCUT2D eigenvalue weighted by molar-refractivity contribution is -0.143. The molecular weight excluding hydrogens is 240 g/mol. The molecule has 0 amide bonds. The van der Waals surface area contributed by atoms with E-state index >= 15 is 0 Å². The molecule has 2 atom stereocenters. The molecule has 0 spiro atoms. The highest BCUT2D eigenvalue weighted by Crippen LogP contribution is 2.25. The maximum atomic E-state index is 11.2. The summed E-state index contributed by atoms with van der Waals surface area (Å²) in [5, 5.41) is 21.4. The third-order valence-electron chi connectivity index (χ3n) is 3.71. The van der Waals surface area contributed by atoms with Crippen molar-refractivity contribution in [2.24, 2.45) is 5.92 Å². The first-order valence-electron chi connectivity index (χ1n) is 6.66. The van der Waals surface area contributed by atoms with Crippen molar-refractivity contribution in [3.63, 3.8) is 0 Å². The van der Waals surface area contributed by atoms with E-state index in [1.165, 1.54) is 0 Å². The fourth-order valence-electron chi connectivity index (χ4n) is 2.67. The average Bonchev–Trinajstić information content (AvgIpc) is 2.45. The van der Waals surface area contributed by atoms with Gasteiger partial charge in [0.15, 0.2) is 0 Å². The third kappa shape index (κ3) is 3.55. The number of rotatable bonds is 4. The third-order valence-corrected chi connectivity index (χ3v) is 3.71. The van der Waals surface area contributed by atoms with Gasteiger partial charge in [0.25, 0.3) is 0 Å². The van der Waals surface area contributed by atoms with E-state index in [4.69, 9.17) is 5.26 Å². The lowest BCUT2D eigenvalue weighted by atomic mass is 9.84. The molecule has 0 radical (unpaired) electrons. The van der Waals surface area contributed by atoms with Gasteiger partial charge in [0.1, 0.15) is 0 Å². The number of carboxylic acid groups (broad SMARTS) is 1. The lowest BCUT2D eigenvalue weighted by Gasteiger charge is -2.29. The Morgan fingerprint density at radius 1 is 1.42 bits per heavy atom. The Morgan fingerprint density at radius 3 is 2.95 bits per heavy atom. The SMILES string of the molecule is N#Cc1cccc(CNC2CCCCC2C(=O)O)c1. The van der Waals surface area contributed by atoms with Gasteiger partial charge in [-0.3, -0.25) is 4.79 Å². The normalized spacial score (nSPS) is 22.7. The standard InChI is InChI=1S/C15H18N2O2/c16-9-11-4-3-5-12(8-11)10-17-14-7-2-1-6-13(14)15(18)19/h3-5,8,13-14,17H,1-2,6-7,10H2,(H,18,19). The Hall–Kier alpha value is -1.86. The molecule has 19 heavy (non-hydrogen) atoms. The van der Waals surface area contributed by atoms with Gasteiger partial charge in [0.05, 0.1) is 17.6 Å². The molecular formula is C15H18N2O2. The zero-order valence-corrected chi connectivity index (χ0v) is 10.8. The molecule has 2 N–H and O–H groups in total. The predicted octanol–water partition coefficient (Wildman–Crippen LogP) is 2.29. The largest absolute Gasteiger partial charge is 0.481 e. The Labute approximate surface area is 113 Å². The molecule has 100 valence electrons. The molecule has 1 aromatic carbocycles. The van der Waals surface area contributed by atoms with Gasteiger partial charge in [0, 0.05) is 12.6 Å². The predicted molar refractivity (Wildman–Crippen MR) is 71.4 cm³/mol. The summed E-state index contributed by atoms with van der Waals surface area (Å²) < 4.78 is 0. The molecule has 4 heteroatoms. The summed E-state index contributed by atoms with van der Waals surface area (Å²) in [6, 6.07) is 9.56. The first kappa shape index (κ1) is 13.6. The van der Waals surface area contributed by atoms with Crippen molar-refractivity contribution >= 4 is 5.97 Å². The van der Waals surface area contributed by atoms with Gasteiger partial charge in [-0.2, -0.15) is 5.26 Å². The van der Waals surface area contributed by atoms with E-state index < -0.39 is 5.97 Å². The van der Waals surface area contributed by atoms with Crippen LogP contribution in [0.5, 0.6) is 0 Å². The number of nitriles is 1. The van der Waals surface area contributed by atoms with E-state index in [0.29, 0.717) is 12.1 Å². The summed E-state index contributed by atoms with van der Waals surface area (Å²) in [5.74, 6) is -0.990. The van der Waals surface area contributed by atoms with Crippen LogP contribution in [0.25, 0.3) is 0 Å². The van der Waals surface area contributed by atoms with Crippen LogP contribution in [0.15, 0.2) is 24.3 Å². The zero-order chi connectivity index (χ0) is 13.7. The summed E-state index contributed by atoms with van der Waals surface area (Å²) in [4.78, 5) is 11.2. The maximum Gasteiger partial charge on any atom is 0.308 e. The lowest BCUT2D eigenvalue weighted by Crippen LogP contribution is -2.41. The van der Waals surface area contributed by atoms with E-state index in [0.717, 1.165) is 31.2 Å². The van der Waals surface area contributed by atoms with Crippen molar-refractivity contribution in [1.29, 1.82) is 5.26 Å². The molecule has 1 aliphatic carbocycles. The number of nitrogens with zero attached hydrogens (tertiary/aromatic N) is 1.